The van der Waals surface area contributed by atoms with Crippen LogP contribution in [-0.2, 0) is 10.0 Å². The second-order valence-electron chi connectivity index (χ2n) is 5.41. The van der Waals surface area contributed by atoms with Crippen molar-refractivity contribution in [3.8, 4) is 0 Å². The van der Waals surface area contributed by atoms with Crippen molar-refractivity contribution >= 4 is 10.0 Å². The number of hydrogen-bond donors (Lipinski definition) is 0. The molecular formula is C15H33NO2S. The average molecular weight is 292 g/mol. The van der Waals surface area contributed by atoms with Gasteiger partial charge in [0, 0.05) is 13.6 Å². The summed E-state index contributed by atoms with van der Waals surface area (Å²) in [5.74, 6) is 0.313. The quantitative estimate of drug-likeness (QED) is 0.477. The topological polar surface area (TPSA) is 37.4 Å². The molecule has 0 fully saturated rings. The Kier molecular flexibility index (Phi) is 11.7. The van der Waals surface area contributed by atoms with E-state index in [0.29, 0.717) is 12.3 Å². The molecule has 0 aromatic rings. The van der Waals surface area contributed by atoms with Crippen LogP contribution in [0.5, 0.6) is 0 Å². The predicted octanol–water partition coefficient (Wildman–Crippen LogP) is 4.19. The Morgan fingerprint density at radius 2 is 1.16 bits per heavy atom. The largest absolute Gasteiger partial charge is 0.213 e. The highest BCUT2D eigenvalue weighted by molar-refractivity contribution is 7.89. The Morgan fingerprint density at radius 1 is 0.737 bits per heavy atom. The van der Waals surface area contributed by atoms with Gasteiger partial charge in [0.25, 0.3) is 0 Å². The normalized spacial score (nSPS) is 12.2. The standard InChI is InChI=1S/C15H33NO2S/c1-4-6-7-8-9-10-11-12-13-14-15-19(17,18)16(3)5-2/h4-15H2,1-3H3. The Balaban J connectivity index is 3.36. The first-order chi connectivity index (χ1) is 9.04. The number of rotatable bonds is 13. The fourth-order valence-corrected chi connectivity index (χ4v) is 3.40. The van der Waals surface area contributed by atoms with E-state index in [1.54, 1.807) is 7.05 Å². The molecule has 0 saturated heterocycles. The summed E-state index contributed by atoms with van der Waals surface area (Å²) in [6.45, 7) is 4.68. The zero-order chi connectivity index (χ0) is 14.6. The number of nitrogens with zero attached hydrogens (tertiary/aromatic N) is 1. The summed E-state index contributed by atoms with van der Waals surface area (Å²) >= 11 is 0. The van der Waals surface area contributed by atoms with E-state index in [1.165, 1.54) is 55.7 Å². The maximum absolute atomic E-state index is 11.7. The summed E-state index contributed by atoms with van der Waals surface area (Å²) in [7, 11) is -1.33. The summed E-state index contributed by atoms with van der Waals surface area (Å²) in [6, 6.07) is 0. The minimum Gasteiger partial charge on any atom is -0.212 e. The molecule has 0 amide bonds. The van der Waals surface area contributed by atoms with E-state index in [2.05, 4.69) is 6.92 Å². The van der Waals surface area contributed by atoms with E-state index >= 15 is 0 Å². The number of unbranched alkanes of at least 4 members (excludes halogenated alkanes) is 9. The molecule has 3 nitrogen and oxygen atoms in total. The van der Waals surface area contributed by atoms with Gasteiger partial charge >= 0.3 is 0 Å². The molecular weight excluding hydrogens is 258 g/mol. The van der Waals surface area contributed by atoms with Gasteiger partial charge in [-0.05, 0) is 6.42 Å². The maximum atomic E-state index is 11.7. The second kappa shape index (κ2) is 11.7. The van der Waals surface area contributed by atoms with Gasteiger partial charge in [0.2, 0.25) is 10.0 Å². The van der Waals surface area contributed by atoms with Gasteiger partial charge in [-0.15, -0.1) is 0 Å². The first kappa shape index (κ1) is 18.9. The van der Waals surface area contributed by atoms with Crippen molar-refractivity contribution in [2.45, 2.75) is 78.1 Å². The Bertz CT molecular complexity index is 289. The van der Waals surface area contributed by atoms with Crippen molar-refractivity contribution in [1.82, 2.24) is 4.31 Å². The van der Waals surface area contributed by atoms with Gasteiger partial charge in [-0.1, -0.05) is 71.6 Å². The third-order valence-electron chi connectivity index (χ3n) is 3.68. The molecule has 0 unspecified atom stereocenters. The van der Waals surface area contributed by atoms with E-state index in [1.807, 2.05) is 6.92 Å². The van der Waals surface area contributed by atoms with Gasteiger partial charge in [-0.25, -0.2) is 12.7 Å². The summed E-state index contributed by atoms with van der Waals surface area (Å²) in [6.07, 6.45) is 12.4. The minimum atomic E-state index is -2.98. The molecule has 4 heteroatoms. The van der Waals surface area contributed by atoms with Crippen LogP contribution < -0.4 is 0 Å². The van der Waals surface area contributed by atoms with Gasteiger partial charge in [0.1, 0.15) is 0 Å². The summed E-state index contributed by atoms with van der Waals surface area (Å²) < 4.78 is 24.9. The molecule has 0 aromatic carbocycles. The lowest BCUT2D eigenvalue weighted by molar-refractivity contribution is 0.482. The molecule has 0 radical (unpaired) electrons. The molecule has 0 aromatic heterocycles. The smallest absolute Gasteiger partial charge is 0.212 e. The van der Waals surface area contributed by atoms with Crippen LogP contribution in [0, 0.1) is 0 Å². The molecule has 0 aliphatic carbocycles. The highest BCUT2D eigenvalue weighted by Gasteiger charge is 2.14. The third kappa shape index (κ3) is 10.4. The van der Waals surface area contributed by atoms with Crippen molar-refractivity contribution in [1.29, 1.82) is 0 Å². The highest BCUT2D eigenvalue weighted by Crippen LogP contribution is 2.11. The fourth-order valence-electron chi connectivity index (χ4n) is 2.12. The number of hydrogen-bond acceptors (Lipinski definition) is 2. The molecule has 0 aliphatic heterocycles. The molecule has 0 heterocycles. The summed E-state index contributed by atoms with van der Waals surface area (Å²) in [5.41, 5.74) is 0. The highest BCUT2D eigenvalue weighted by atomic mass is 32.2. The summed E-state index contributed by atoms with van der Waals surface area (Å²) in [5, 5.41) is 0. The van der Waals surface area contributed by atoms with Crippen LogP contribution in [0.15, 0.2) is 0 Å². The van der Waals surface area contributed by atoms with Crippen molar-refractivity contribution in [3.63, 3.8) is 0 Å². The molecule has 0 atom stereocenters. The van der Waals surface area contributed by atoms with E-state index in [-0.39, 0.29) is 0 Å². The van der Waals surface area contributed by atoms with Crippen molar-refractivity contribution in [3.05, 3.63) is 0 Å². The average Bonchev–Trinajstić information content (AvgIpc) is 2.39. The van der Waals surface area contributed by atoms with Gasteiger partial charge in [0.05, 0.1) is 5.75 Å². The van der Waals surface area contributed by atoms with Crippen LogP contribution in [0.4, 0.5) is 0 Å². The Labute approximate surface area is 120 Å². The van der Waals surface area contributed by atoms with Gasteiger partial charge in [-0.3, -0.25) is 0 Å². The van der Waals surface area contributed by atoms with Crippen LogP contribution in [0.25, 0.3) is 0 Å². The van der Waals surface area contributed by atoms with Gasteiger partial charge in [-0.2, -0.15) is 0 Å². The Hall–Kier alpha value is -0.0900. The monoisotopic (exact) mass is 291 g/mol. The second-order valence-corrected chi connectivity index (χ2v) is 7.61. The lowest BCUT2D eigenvalue weighted by Gasteiger charge is -2.14. The third-order valence-corrected chi connectivity index (χ3v) is 5.69. The molecule has 19 heavy (non-hydrogen) atoms. The lowest BCUT2D eigenvalue weighted by Crippen LogP contribution is -2.28. The number of sulfonamides is 1. The Morgan fingerprint density at radius 3 is 1.58 bits per heavy atom. The molecule has 0 aliphatic rings. The van der Waals surface area contributed by atoms with Crippen LogP contribution in [0.3, 0.4) is 0 Å². The molecule has 0 saturated carbocycles. The van der Waals surface area contributed by atoms with E-state index in [0.717, 1.165) is 12.8 Å². The van der Waals surface area contributed by atoms with Crippen LogP contribution in [-0.4, -0.2) is 32.1 Å². The molecule has 0 N–H and O–H groups in total. The minimum absolute atomic E-state index is 0.313. The van der Waals surface area contributed by atoms with Crippen molar-refractivity contribution in [2.24, 2.45) is 0 Å². The van der Waals surface area contributed by atoms with E-state index < -0.39 is 10.0 Å². The van der Waals surface area contributed by atoms with Crippen LogP contribution in [0.2, 0.25) is 0 Å². The molecule has 0 spiro atoms. The first-order valence-electron chi connectivity index (χ1n) is 7.98. The van der Waals surface area contributed by atoms with Gasteiger partial charge < -0.3 is 0 Å². The first-order valence-corrected chi connectivity index (χ1v) is 9.59. The van der Waals surface area contributed by atoms with Crippen molar-refractivity contribution in [2.75, 3.05) is 19.3 Å². The SMILES string of the molecule is CCCCCCCCCCCCS(=O)(=O)N(C)CC. The molecule has 0 rings (SSSR count). The van der Waals surface area contributed by atoms with Crippen LogP contribution in [0.1, 0.15) is 78.1 Å². The van der Waals surface area contributed by atoms with E-state index in [4.69, 9.17) is 0 Å². The van der Waals surface area contributed by atoms with Crippen LogP contribution >= 0.6 is 0 Å². The predicted molar refractivity (Wildman–Crippen MR) is 83.9 cm³/mol. The zero-order valence-electron chi connectivity index (χ0n) is 13.2. The van der Waals surface area contributed by atoms with Gasteiger partial charge in [0.15, 0.2) is 0 Å². The van der Waals surface area contributed by atoms with E-state index in [9.17, 15) is 8.42 Å². The molecule has 0 bridgehead atoms. The summed E-state index contributed by atoms with van der Waals surface area (Å²) in [4.78, 5) is 0. The lowest BCUT2D eigenvalue weighted by atomic mass is 10.1. The molecule has 116 valence electrons. The van der Waals surface area contributed by atoms with Crippen molar-refractivity contribution < 1.29 is 8.42 Å². The maximum Gasteiger partial charge on any atom is 0.213 e. The fraction of sp³-hybridized carbons (Fsp3) is 1.00. The zero-order valence-corrected chi connectivity index (χ0v) is 14.0.